The first kappa shape index (κ1) is 8.60. The normalized spacial score (nSPS) is 25.7. The molecule has 2 nitrogen and oxygen atoms in total. The summed E-state index contributed by atoms with van der Waals surface area (Å²) in [6, 6.07) is 0. The fourth-order valence-electron chi connectivity index (χ4n) is 1.48. The van der Waals surface area contributed by atoms with Gasteiger partial charge in [-0.3, -0.25) is 0 Å². The highest BCUT2D eigenvalue weighted by Gasteiger charge is 2.19. The van der Waals surface area contributed by atoms with Gasteiger partial charge < -0.3 is 9.84 Å². The first-order chi connectivity index (χ1) is 5.11. The minimum atomic E-state index is -0.294. The fraction of sp³-hybridized carbons (Fsp3) is 0.778. The molecule has 1 aliphatic rings. The van der Waals surface area contributed by atoms with Crippen LogP contribution in [0.5, 0.6) is 0 Å². The number of rotatable bonds is 1. The monoisotopic (exact) mass is 156 g/mol. The minimum absolute atomic E-state index is 0.294. The molecule has 1 aliphatic heterocycles. The van der Waals surface area contributed by atoms with E-state index in [2.05, 4.69) is 13.8 Å². The molecule has 0 aromatic rings. The molecule has 0 aliphatic carbocycles. The van der Waals surface area contributed by atoms with Gasteiger partial charge in [0, 0.05) is 12.3 Å². The molecule has 2 heteroatoms. The van der Waals surface area contributed by atoms with Crippen molar-refractivity contribution in [3.05, 3.63) is 11.3 Å². The SMILES string of the molecule is CC1=C(C(C)C)OCC(O)C1. The van der Waals surface area contributed by atoms with Crippen LogP contribution in [0.2, 0.25) is 0 Å². The Morgan fingerprint density at radius 3 is 2.64 bits per heavy atom. The maximum Gasteiger partial charge on any atom is 0.114 e. The predicted molar refractivity (Wildman–Crippen MR) is 44.1 cm³/mol. The van der Waals surface area contributed by atoms with Crippen molar-refractivity contribution in [1.82, 2.24) is 0 Å². The highest BCUT2D eigenvalue weighted by Crippen LogP contribution is 2.24. The molecule has 0 radical (unpaired) electrons. The average Bonchev–Trinajstić information content (AvgIpc) is 1.85. The largest absolute Gasteiger partial charge is 0.495 e. The molecule has 1 N–H and O–H groups in total. The first-order valence-electron chi connectivity index (χ1n) is 4.11. The molecule has 1 heterocycles. The van der Waals surface area contributed by atoms with Gasteiger partial charge in [-0.1, -0.05) is 13.8 Å². The van der Waals surface area contributed by atoms with Crippen molar-refractivity contribution < 1.29 is 9.84 Å². The first-order valence-corrected chi connectivity index (χ1v) is 4.11. The highest BCUT2D eigenvalue weighted by atomic mass is 16.5. The van der Waals surface area contributed by atoms with E-state index in [1.54, 1.807) is 0 Å². The summed E-state index contributed by atoms with van der Waals surface area (Å²) in [5.74, 6) is 1.51. The predicted octanol–water partition coefficient (Wildman–Crippen LogP) is 1.70. The topological polar surface area (TPSA) is 29.5 Å². The molecule has 0 bridgehead atoms. The summed E-state index contributed by atoms with van der Waals surface area (Å²) in [5.41, 5.74) is 1.19. The van der Waals surface area contributed by atoms with E-state index in [9.17, 15) is 5.11 Å². The molecule has 1 atom stereocenters. The van der Waals surface area contributed by atoms with Crippen LogP contribution < -0.4 is 0 Å². The van der Waals surface area contributed by atoms with Crippen molar-refractivity contribution in [2.24, 2.45) is 5.92 Å². The van der Waals surface area contributed by atoms with Gasteiger partial charge in [-0.05, 0) is 12.5 Å². The molecular weight excluding hydrogens is 140 g/mol. The summed E-state index contributed by atoms with van der Waals surface area (Å²) in [4.78, 5) is 0. The Morgan fingerprint density at radius 1 is 1.55 bits per heavy atom. The summed E-state index contributed by atoms with van der Waals surface area (Å²) in [6.07, 6.45) is 0.477. The third-order valence-electron chi connectivity index (χ3n) is 1.92. The van der Waals surface area contributed by atoms with Crippen LogP contribution in [0.15, 0.2) is 11.3 Å². The van der Waals surface area contributed by atoms with Crippen LogP contribution in [-0.4, -0.2) is 17.8 Å². The van der Waals surface area contributed by atoms with Crippen molar-refractivity contribution in [1.29, 1.82) is 0 Å². The van der Waals surface area contributed by atoms with E-state index in [4.69, 9.17) is 4.74 Å². The third kappa shape index (κ3) is 1.96. The summed E-state index contributed by atoms with van der Waals surface area (Å²) < 4.78 is 5.39. The number of hydrogen-bond donors (Lipinski definition) is 1. The maximum atomic E-state index is 9.22. The third-order valence-corrected chi connectivity index (χ3v) is 1.92. The lowest BCUT2D eigenvalue weighted by Gasteiger charge is -2.25. The lowest BCUT2D eigenvalue weighted by Crippen LogP contribution is -2.23. The molecule has 11 heavy (non-hydrogen) atoms. The summed E-state index contributed by atoms with van der Waals surface area (Å²) in [6.45, 7) is 6.70. The average molecular weight is 156 g/mol. The van der Waals surface area contributed by atoms with E-state index < -0.39 is 0 Å². The molecule has 0 spiro atoms. The molecule has 0 fully saturated rings. The van der Waals surface area contributed by atoms with E-state index in [1.165, 1.54) is 5.57 Å². The molecule has 0 saturated carbocycles. The van der Waals surface area contributed by atoms with Crippen LogP contribution >= 0.6 is 0 Å². The smallest absolute Gasteiger partial charge is 0.114 e. The van der Waals surface area contributed by atoms with Gasteiger partial charge in [-0.25, -0.2) is 0 Å². The van der Waals surface area contributed by atoms with Gasteiger partial charge in [0.1, 0.15) is 6.61 Å². The Hall–Kier alpha value is -0.500. The van der Waals surface area contributed by atoms with E-state index in [0.717, 1.165) is 12.2 Å². The molecular formula is C9H16O2. The number of ether oxygens (including phenoxy) is 1. The van der Waals surface area contributed by atoms with Crippen molar-refractivity contribution in [2.45, 2.75) is 33.3 Å². The van der Waals surface area contributed by atoms with E-state index >= 15 is 0 Å². The second-order valence-electron chi connectivity index (χ2n) is 3.47. The number of aliphatic hydroxyl groups is 1. The molecule has 1 unspecified atom stereocenters. The maximum absolute atomic E-state index is 9.22. The molecule has 0 amide bonds. The number of hydrogen-bond acceptors (Lipinski definition) is 2. The van der Waals surface area contributed by atoms with Gasteiger partial charge in [0.25, 0.3) is 0 Å². The van der Waals surface area contributed by atoms with Gasteiger partial charge >= 0.3 is 0 Å². The van der Waals surface area contributed by atoms with Crippen LogP contribution in [-0.2, 0) is 4.74 Å². The molecule has 0 aromatic heterocycles. The Kier molecular flexibility index (Phi) is 2.55. The summed E-state index contributed by atoms with van der Waals surface area (Å²) in [7, 11) is 0. The quantitative estimate of drug-likeness (QED) is 0.626. The van der Waals surface area contributed by atoms with Gasteiger partial charge in [0.05, 0.1) is 11.9 Å². The zero-order chi connectivity index (χ0) is 8.43. The van der Waals surface area contributed by atoms with E-state index in [1.807, 2.05) is 6.92 Å². The summed E-state index contributed by atoms with van der Waals surface area (Å²) in [5, 5.41) is 9.22. The van der Waals surface area contributed by atoms with Crippen LogP contribution in [0, 0.1) is 5.92 Å². The number of allylic oxidation sites excluding steroid dienone is 1. The second kappa shape index (κ2) is 3.26. The molecule has 64 valence electrons. The lowest BCUT2D eigenvalue weighted by molar-refractivity contribution is 0.0432. The second-order valence-corrected chi connectivity index (χ2v) is 3.47. The lowest BCUT2D eigenvalue weighted by atomic mass is 10.0. The number of aliphatic hydroxyl groups excluding tert-OH is 1. The van der Waals surface area contributed by atoms with Crippen molar-refractivity contribution in [3.63, 3.8) is 0 Å². The molecule has 0 aromatic carbocycles. The molecule has 0 saturated heterocycles. The van der Waals surface area contributed by atoms with Crippen LogP contribution in [0.1, 0.15) is 27.2 Å². The van der Waals surface area contributed by atoms with Gasteiger partial charge in [-0.15, -0.1) is 0 Å². The Balaban J connectivity index is 2.70. The Labute approximate surface area is 67.9 Å². The van der Waals surface area contributed by atoms with Crippen LogP contribution in [0.3, 0.4) is 0 Å². The molecule has 1 rings (SSSR count). The van der Waals surface area contributed by atoms with Gasteiger partial charge in [0.15, 0.2) is 0 Å². The van der Waals surface area contributed by atoms with Crippen LogP contribution in [0.25, 0.3) is 0 Å². The van der Waals surface area contributed by atoms with Crippen molar-refractivity contribution in [3.8, 4) is 0 Å². The van der Waals surface area contributed by atoms with Gasteiger partial charge in [-0.2, -0.15) is 0 Å². The highest BCUT2D eigenvalue weighted by molar-refractivity contribution is 5.11. The zero-order valence-corrected chi connectivity index (χ0v) is 7.42. The Bertz CT molecular complexity index is 170. The van der Waals surface area contributed by atoms with E-state index in [-0.39, 0.29) is 6.10 Å². The minimum Gasteiger partial charge on any atom is -0.495 e. The van der Waals surface area contributed by atoms with Gasteiger partial charge in [0.2, 0.25) is 0 Å². The van der Waals surface area contributed by atoms with Crippen molar-refractivity contribution in [2.75, 3.05) is 6.61 Å². The van der Waals surface area contributed by atoms with Crippen LogP contribution in [0.4, 0.5) is 0 Å². The Morgan fingerprint density at radius 2 is 2.18 bits per heavy atom. The fourth-order valence-corrected chi connectivity index (χ4v) is 1.48. The summed E-state index contributed by atoms with van der Waals surface area (Å²) >= 11 is 0. The standard InChI is InChI=1S/C9H16O2/c1-6(2)9-7(3)4-8(10)5-11-9/h6,8,10H,4-5H2,1-3H3. The van der Waals surface area contributed by atoms with E-state index in [0.29, 0.717) is 12.5 Å². The zero-order valence-electron chi connectivity index (χ0n) is 7.42. The van der Waals surface area contributed by atoms with Crippen molar-refractivity contribution >= 4 is 0 Å².